The van der Waals surface area contributed by atoms with Gasteiger partial charge in [0.25, 0.3) is 0 Å². The zero-order valence-electron chi connectivity index (χ0n) is 19.2. The summed E-state index contributed by atoms with van der Waals surface area (Å²) >= 11 is 0. The number of carbonyl (C=O) groups excluding carboxylic acids is 3. The molecule has 0 aromatic heterocycles. The number of methoxy groups -OCH3 is 3. The van der Waals surface area contributed by atoms with Gasteiger partial charge in [-0.1, -0.05) is 13.0 Å². The van der Waals surface area contributed by atoms with Crippen LogP contribution in [-0.2, 0) is 23.9 Å². The first-order valence-electron chi connectivity index (χ1n) is 10.5. The van der Waals surface area contributed by atoms with Crippen molar-refractivity contribution in [1.82, 2.24) is 5.32 Å². The summed E-state index contributed by atoms with van der Waals surface area (Å²) < 4.78 is 21.0. The molecular formula is C24H29NO7. The Bertz CT molecular complexity index is 1010. The zero-order valence-corrected chi connectivity index (χ0v) is 19.2. The average Bonchev–Trinajstić information content (AvgIpc) is 2.77. The molecule has 0 unspecified atom stereocenters. The maximum Gasteiger partial charge on any atom is 0.336 e. The number of rotatable bonds is 6. The molecule has 8 nitrogen and oxygen atoms in total. The van der Waals surface area contributed by atoms with Crippen LogP contribution in [0.25, 0.3) is 0 Å². The Morgan fingerprint density at radius 2 is 1.81 bits per heavy atom. The number of hydrogen-bond donors (Lipinski definition) is 1. The predicted molar refractivity (Wildman–Crippen MR) is 116 cm³/mol. The molecule has 0 saturated heterocycles. The Morgan fingerprint density at radius 1 is 1.12 bits per heavy atom. The topological polar surface area (TPSA) is 100 Å². The van der Waals surface area contributed by atoms with E-state index in [0.717, 1.165) is 0 Å². The van der Waals surface area contributed by atoms with Gasteiger partial charge < -0.3 is 24.3 Å². The highest BCUT2D eigenvalue weighted by Gasteiger charge is 2.47. The molecule has 32 heavy (non-hydrogen) atoms. The number of hydrogen-bond acceptors (Lipinski definition) is 8. The molecule has 1 aliphatic carbocycles. The van der Waals surface area contributed by atoms with Gasteiger partial charge in [-0.3, -0.25) is 9.59 Å². The molecule has 0 saturated carbocycles. The van der Waals surface area contributed by atoms with E-state index in [4.69, 9.17) is 18.9 Å². The Labute approximate surface area is 187 Å². The van der Waals surface area contributed by atoms with Gasteiger partial charge in [-0.15, -0.1) is 0 Å². The fourth-order valence-corrected chi connectivity index (χ4v) is 4.53. The van der Waals surface area contributed by atoms with E-state index in [2.05, 4.69) is 5.32 Å². The predicted octanol–water partition coefficient (Wildman–Crippen LogP) is 2.88. The fourth-order valence-electron chi connectivity index (χ4n) is 4.53. The van der Waals surface area contributed by atoms with Crippen LogP contribution in [0.2, 0.25) is 0 Å². The molecular weight excluding hydrogens is 414 g/mol. The van der Waals surface area contributed by atoms with Gasteiger partial charge in [0.15, 0.2) is 17.3 Å². The first-order chi connectivity index (χ1) is 15.3. The lowest BCUT2D eigenvalue weighted by Crippen LogP contribution is -2.43. The summed E-state index contributed by atoms with van der Waals surface area (Å²) in [4.78, 5) is 39.1. The lowest BCUT2D eigenvalue weighted by Gasteiger charge is -2.38. The van der Waals surface area contributed by atoms with Gasteiger partial charge in [0.1, 0.15) is 5.92 Å². The molecule has 172 valence electrons. The van der Waals surface area contributed by atoms with E-state index in [1.807, 2.05) is 6.92 Å². The highest BCUT2D eigenvalue weighted by atomic mass is 16.5. The molecule has 1 N–H and O–H groups in total. The summed E-state index contributed by atoms with van der Waals surface area (Å²) in [7, 11) is 4.32. The summed E-state index contributed by atoms with van der Waals surface area (Å²) in [6.45, 7) is 5.54. The van der Waals surface area contributed by atoms with Gasteiger partial charge in [-0.05, 0) is 43.9 Å². The van der Waals surface area contributed by atoms with Crippen LogP contribution in [0.1, 0.15) is 38.7 Å². The first-order valence-corrected chi connectivity index (χ1v) is 10.5. The van der Waals surface area contributed by atoms with E-state index >= 15 is 0 Å². The first kappa shape index (κ1) is 23.4. The van der Waals surface area contributed by atoms with Crippen molar-refractivity contribution in [2.45, 2.75) is 33.1 Å². The minimum absolute atomic E-state index is 0.190. The van der Waals surface area contributed by atoms with Crippen LogP contribution in [0.3, 0.4) is 0 Å². The molecule has 1 aliphatic heterocycles. The maximum absolute atomic E-state index is 13.6. The average molecular weight is 443 g/mol. The highest BCUT2D eigenvalue weighted by Crippen LogP contribution is 2.46. The third-order valence-corrected chi connectivity index (χ3v) is 5.98. The summed E-state index contributed by atoms with van der Waals surface area (Å²) in [5.74, 6) is -2.38. The summed E-state index contributed by atoms with van der Waals surface area (Å²) in [5, 5.41) is 3.23. The molecule has 0 spiro atoms. The van der Waals surface area contributed by atoms with Crippen molar-refractivity contribution >= 4 is 17.7 Å². The van der Waals surface area contributed by atoms with Gasteiger partial charge >= 0.3 is 11.9 Å². The summed E-state index contributed by atoms with van der Waals surface area (Å²) in [6, 6.07) is 5.25. The second-order valence-corrected chi connectivity index (χ2v) is 7.87. The Balaban J connectivity index is 2.23. The monoisotopic (exact) mass is 443 g/mol. The van der Waals surface area contributed by atoms with E-state index < -0.39 is 23.8 Å². The van der Waals surface area contributed by atoms with E-state index in [0.29, 0.717) is 46.0 Å². The number of allylic oxidation sites excluding steroid dienone is 3. The minimum atomic E-state index is -0.940. The fraction of sp³-hybridized carbons (Fsp3) is 0.458. The molecule has 1 aromatic carbocycles. The van der Waals surface area contributed by atoms with Crippen LogP contribution in [0.15, 0.2) is 40.7 Å². The van der Waals surface area contributed by atoms with Gasteiger partial charge in [0.05, 0.1) is 33.5 Å². The van der Waals surface area contributed by atoms with Crippen LogP contribution in [-0.4, -0.2) is 45.7 Å². The van der Waals surface area contributed by atoms with Crippen molar-refractivity contribution in [3.05, 3.63) is 46.3 Å². The lowest BCUT2D eigenvalue weighted by atomic mass is 9.69. The third kappa shape index (κ3) is 3.97. The standard InChI is InChI=1S/C24H29NO7/c1-7-32-24(28)19-13(3)25-15-10-12(2)18(23(27)31-6)22(26)21(15)20(19)14-8-9-16(29-4)17(11-14)30-5/h8-9,11-12,18,20,25H,7,10H2,1-6H3/t12-,18+,20-/m1/s1. The molecule has 8 heteroatoms. The lowest BCUT2D eigenvalue weighted by molar-refractivity contribution is -0.151. The summed E-state index contributed by atoms with van der Waals surface area (Å²) in [5.41, 5.74) is 2.67. The Kier molecular flexibility index (Phi) is 6.91. The zero-order chi connectivity index (χ0) is 23.6. The largest absolute Gasteiger partial charge is 0.493 e. The third-order valence-electron chi connectivity index (χ3n) is 5.98. The number of dihydropyridines is 1. The number of ketones is 1. The van der Waals surface area contributed by atoms with Crippen molar-refractivity contribution in [3.63, 3.8) is 0 Å². The molecule has 0 radical (unpaired) electrons. The molecule has 1 aromatic rings. The maximum atomic E-state index is 13.6. The molecule has 0 fully saturated rings. The van der Waals surface area contributed by atoms with Crippen LogP contribution < -0.4 is 14.8 Å². The van der Waals surface area contributed by atoms with E-state index in [1.165, 1.54) is 21.3 Å². The van der Waals surface area contributed by atoms with Crippen LogP contribution >= 0.6 is 0 Å². The van der Waals surface area contributed by atoms with E-state index in [9.17, 15) is 14.4 Å². The number of ether oxygens (including phenoxy) is 4. The quantitative estimate of drug-likeness (QED) is 0.529. The van der Waals surface area contributed by atoms with Gasteiger partial charge in [0.2, 0.25) is 0 Å². The number of Topliss-reactive ketones (excluding diaryl/α,β-unsaturated/α-hetero) is 1. The van der Waals surface area contributed by atoms with Crippen LogP contribution in [0, 0.1) is 11.8 Å². The molecule has 2 aliphatic rings. The molecule has 0 amide bonds. The van der Waals surface area contributed by atoms with Gasteiger partial charge in [-0.25, -0.2) is 4.79 Å². The van der Waals surface area contributed by atoms with Gasteiger partial charge in [-0.2, -0.15) is 0 Å². The van der Waals surface area contributed by atoms with Crippen molar-refractivity contribution in [3.8, 4) is 11.5 Å². The van der Waals surface area contributed by atoms with Gasteiger partial charge in [0, 0.05) is 22.9 Å². The van der Waals surface area contributed by atoms with Crippen LogP contribution in [0.4, 0.5) is 0 Å². The van der Waals surface area contributed by atoms with Crippen LogP contribution in [0.5, 0.6) is 11.5 Å². The highest BCUT2D eigenvalue weighted by molar-refractivity contribution is 6.12. The number of nitrogens with one attached hydrogen (secondary N) is 1. The number of benzene rings is 1. The Morgan fingerprint density at radius 3 is 2.41 bits per heavy atom. The van der Waals surface area contributed by atoms with E-state index in [-0.39, 0.29) is 18.3 Å². The molecule has 3 atom stereocenters. The van der Waals surface area contributed by atoms with Crippen molar-refractivity contribution < 1.29 is 33.3 Å². The van der Waals surface area contributed by atoms with Crippen molar-refractivity contribution in [2.75, 3.05) is 27.9 Å². The minimum Gasteiger partial charge on any atom is -0.493 e. The SMILES string of the molecule is CCOC(=O)C1=C(C)NC2=C(C(=O)[C@@H](C(=O)OC)[C@H](C)C2)[C@@H]1c1ccc(OC)c(OC)c1. The molecule has 3 rings (SSSR count). The summed E-state index contributed by atoms with van der Waals surface area (Å²) in [6.07, 6.45) is 0.470. The Hall–Kier alpha value is -3.29. The molecule has 0 bridgehead atoms. The number of esters is 2. The smallest absolute Gasteiger partial charge is 0.336 e. The second-order valence-electron chi connectivity index (χ2n) is 7.87. The van der Waals surface area contributed by atoms with E-state index in [1.54, 1.807) is 32.0 Å². The number of carbonyl (C=O) groups is 3. The molecule has 1 heterocycles. The second kappa shape index (κ2) is 9.46. The normalized spacial score (nSPS) is 22.7. The van der Waals surface area contributed by atoms with Crippen molar-refractivity contribution in [2.24, 2.45) is 11.8 Å². The van der Waals surface area contributed by atoms with Crippen molar-refractivity contribution in [1.29, 1.82) is 0 Å².